The molecule has 0 atom stereocenters. The monoisotopic (exact) mass is 286 g/mol. The SMILES string of the molecule is CC(C)(C)N([SiH2]N(C(C)(C)C)C(C)(C)C)C(C)(C)C. The lowest BCUT2D eigenvalue weighted by Gasteiger charge is -2.54. The van der Waals surface area contributed by atoms with Gasteiger partial charge in [-0.15, -0.1) is 0 Å². The maximum atomic E-state index is 2.73. The normalized spacial score (nSPS) is 15.5. The van der Waals surface area contributed by atoms with Crippen LogP contribution in [0.1, 0.15) is 83.1 Å². The van der Waals surface area contributed by atoms with Crippen LogP contribution in [0.5, 0.6) is 0 Å². The predicted octanol–water partition coefficient (Wildman–Crippen LogP) is 3.78. The Bertz CT molecular complexity index is 226. The van der Waals surface area contributed by atoms with Crippen LogP contribution >= 0.6 is 0 Å². The van der Waals surface area contributed by atoms with E-state index in [-0.39, 0.29) is 22.2 Å². The van der Waals surface area contributed by atoms with E-state index in [1.165, 1.54) is 0 Å². The molecule has 0 saturated heterocycles. The highest BCUT2D eigenvalue weighted by Crippen LogP contribution is 2.29. The van der Waals surface area contributed by atoms with Crippen molar-refractivity contribution >= 4 is 9.84 Å². The van der Waals surface area contributed by atoms with Crippen molar-refractivity contribution in [3.63, 3.8) is 0 Å². The Morgan fingerprint density at radius 2 is 0.579 bits per heavy atom. The third-order valence-electron chi connectivity index (χ3n) is 3.52. The van der Waals surface area contributed by atoms with E-state index in [4.69, 9.17) is 0 Å². The highest BCUT2D eigenvalue weighted by atomic mass is 28.2. The summed E-state index contributed by atoms with van der Waals surface area (Å²) in [5.74, 6) is 0. The van der Waals surface area contributed by atoms with Crippen LogP contribution in [-0.2, 0) is 0 Å². The van der Waals surface area contributed by atoms with Gasteiger partial charge in [-0.1, -0.05) is 0 Å². The van der Waals surface area contributed by atoms with E-state index < -0.39 is 9.84 Å². The number of nitrogens with zero attached hydrogens (tertiary/aromatic N) is 2. The molecule has 0 aliphatic carbocycles. The minimum absolute atomic E-state index is 0.221. The van der Waals surface area contributed by atoms with E-state index in [0.29, 0.717) is 0 Å². The molecular weight excluding hydrogens is 248 g/mol. The van der Waals surface area contributed by atoms with Crippen molar-refractivity contribution in [1.29, 1.82) is 0 Å². The van der Waals surface area contributed by atoms with Crippen LogP contribution in [0.25, 0.3) is 0 Å². The van der Waals surface area contributed by atoms with Gasteiger partial charge in [-0.05, 0) is 83.1 Å². The van der Waals surface area contributed by atoms with Crippen molar-refractivity contribution in [2.24, 2.45) is 0 Å². The number of hydrogen-bond donors (Lipinski definition) is 0. The van der Waals surface area contributed by atoms with Crippen LogP contribution in [0.4, 0.5) is 0 Å². The molecule has 0 heterocycles. The Balaban J connectivity index is 5.43. The molecule has 0 aromatic carbocycles. The lowest BCUT2D eigenvalue weighted by Crippen LogP contribution is -2.65. The molecule has 0 aromatic rings. The smallest absolute Gasteiger partial charge is 0.174 e. The van der Waals surface area contributed by atoms with Crippen LogP contribution in [0.3, 0.4) is 0 Å². The Morgan fingerprint density at radius 3 is 0.684 bits per heavy atom. The minimum atomic E-state index is -0.511. The van der Waals surface area contributed by atoms with Gasteiger partial charge in [0.15, 0.2) is 9.84 Å². The molecule has 116 valence electrons. The van der Waals surface area contributed by atoms with Crippen LogP contribution < -0.4 is 0 Å². The molecule has 0 fully saturated rings. The Hall–Kier alpha value is 0.137. The van der Waals surface area contributed by atoms with Gasteiger partial charge in [-0.25, -0.2) is 0 Å². The lowest BCUT2D eigenvalue weighted by atomic mass is 10.0. The summed E-state index contributed by atoms with van der Waals surface area (Å²) in [6.45, 7) is 28.1. The van der Waals surface area contributed by atoms with Gasteiger partial charge in [0.25, 0.3) is 0 Å². The highest BCUT2D eigenvalue weighted by Gasteiger charge is 2.39. The molecule has 0 aromatic heterocycles. The van der Waals surface area contributed by atoms with E-state index in [1.54, 1.807) is 0 Å². The Morgan fingerprint density at radius 1 is 0.421 bits per heavy atom. The molecule has 0 aliphatic heterocycles. The van der Waals surface area contributed by atoms with Gasteiger partial charge in [0.05, 0.1) is 0 Å². The molecule has 0 radical (unpaired) electrons. The average molecular weight is 287 g/mol. The van der Waals surface area contributed by atoms with Gasteiger partial charge in [-0.2, -0.15) is 0 Å². The Kier molecular flexibility index (Phi) is 5.53. The number of rotatable bonds is 2. The summed E-state index contributed by atoms with van der Waals surface area (Å²) in [4.78, 5) is 0. The lowest BCUT2D eigenvalue weighted by molar-refractivity contribution is 0.0789. The molecule has 0 saturated carbocycles. The predicted molar refractivity (Wildman–Crippen MR) is 91.2 cm³/mol. The van der Waals surface area contributed by atoms with Crippen LogP contribution in [0.15, 0.2) is 0 Å². The van der Waals surface area contributed by atoms with Crippen molar-refractivity contribution in [3.05, 3.63) is 0 Å². The third kappa shape index (κ3) is 5.97. The van der Waals surface area contributed by atoms with Gasteiger partial charge in [0.2, 0.25) is 0 Å². The largest absolute Gasteiger partial charge is 0.307 e. The molecule has 0 unspecified atom stereocenters. The second-order valence-corrected chi connectivity index (χ2v) is 11.2. The van der Waals surface area contributed by atoms with Gasteiger partial charge in [-0.3, -0.25) is 0 Å². The summed E-state index contributed by atoms with van der Waals surface area (Å²) in [6, 6.07) is 0. The van der Waals surface area contributed by atoms with Crippen LogP contribution in [0, 0.1) is 0 Å². The summed E-state index contributed by atoms with van der Waals surface area (Å²) < 4.78 is 5.47. The van der Waals surface area contributed by atoms with Crippen LogP contribution in [-0.4, -0.2) is 41.1 Å². The third-order valence-corrected chi connectivity index (χ3v) is 7.88. The number of hydrogen-bond acceptors (Lipinski definition) is 2. The maximum absolute atomic E-state index is 2.73. The summed E-state index contributed by atoms with van der Waals surface area (Å²) >= 11 is 0. The van der Waals surface area contributed by atoms with E-state index in [0.717, 1.165) is 0 Å². The second-order valence-electron chi connectivity index (χ2n) is 9.68. The highest BCUT2D eigenvalue weighted by molar-refractivity contribution is 6.29. The second kappa shape index (κ2) is 5.49. The topological polar surface area (TPSA) is 6.48 Å². The zero-order valence-electron chi connectivity index (χ0n) is 15.6. The molecule has 0 aliphatic rings. The van der Waals surface area contributed by atoms with E-state index >= 15 is 0 Å². The molecule has 0 amide bonds. The zero-order valence-corrected chi connectivity index (χ0v) is 17.0. The molecule has 19 heavy (non-hydrogen) atoms. The first-order chi connectivity index (χ1) is 7.97. The fourth-order valence-corrected chi connectivity index (χ4v) is 4.98. The van der Waals surface area contributed by atoms with Crippen molar-refractivity contribution in [3.8, 4) is 0 Å². The minimum Gasteiger partial charge on any atom is -0.307 e. The van der Waals surface area contributed by atoms with Crippen molar-refractivity contribution in [2.75, 3.05) is 0 Å². The first kappa shape index (κ1) is 19.1. The fraction of sp³-hybridized carbons (Fsp3) is 1.00. The zero-order chi connectivity index (χ0) is 15.9. The van der Waals surface area contributed by atoms with Gasteiger partial charge < -0.3 is 9.13 Å². The molecule has 0 rings (SSSR count). The first-order valence-corrected chi connectivity index (χ1v) is 8.79. The van der Waals surface area contributed by atoms with E-state index in [2.05, 4.69) is 92.2 Å². The van der Waals surface area contributed by atoms with Crippen molar-refractivity contribution < 1.29 is 0 Å². The summed E-state index contributed by atoms with van der Waals surface area (Å²) in [5.41, 5.74) is 0.886. The standard InChI is InChI=1S/C16H38N2Si/c1-13(2,3)17(14(4,5)6)19-18(15(7,8)9)16(10,11)12/h19H2,1-12H3. The molecule has 0 bridgehead atoms. The van der Waals surface area contributed by atoms with Gasteiger partial charge in [0.1, 0.15) is 0 Å². The fourth-order valence-electron chi connectivity index (χ4n) is 3.00. The molecule has 3 heteroatoms. The molecule has 0 N–H and O–H groups in total. The average Bonchev–Trinajstić information content (AvgIpc) is 1.91. The van der Waals surface area contributed by atoms with Crippen molar-refractivity contribution in [2.45, 2.75) is 105 Å². The summed E-state index contributed by atoms with van der Waals surface area (Å²) in [7, 11) is -0.511. The Labute approximate surface area is 124 Å². The summed E-state index contributed by atoms with van der Waals surface area (Å²) in [6.07, 6.45) is 0. The van der Waals surface area contributed by atoms with E-state index in [1.807, 2.05) is 0 Å². The quantitative estimate of drug-likeness (QED) is 0.713. The first-order valence-electron chi connectivity index (χ1n) is 7.53. The van der Waals surface area contributed by atoms with Crippen LogP contribution in [0.2, 0.25) is 0 Å². The van der Waals surface area contributed by atoms with Gasteiger partial charge in [0, 0.05) is 22.2 Å². The summed E-state index contributed by atoms with van der Waals surface area (Å²) in [5, 5.41) is 0. The molecule has 0 spiro atoms. The van der Waals surface area contributed by atoms with Gasteiger partial charge >= 0.3 is 0 Å². The molecular formula is C16H38N2Si. The van der Waals surface area contributed by atoms with E-state index in [9.17, 15) is 0 Å². The van der Waals surface area contributed by atoms with Crippen molar-refractivity contribution in [1.82, 2.24) is 9.13 Å². The maximum Gasteiger partial charge on any atom is 0.174 e. The molecule has 2 nitrogen and oxygen atoms in total.